The number of hydrazine groups is 1. The molecule has 0 fully saturated rings. The molecule has 0 saturated carbocycles. The molecule has 1 unspecified atom stereocenters. The molecule has 0 spiro atoms. The van der Waals surface area contributed by atoms with Gasteiger partial charge in [-0.3, -0.25) is 11.3 Å². The van der Waals surface area contributed by atoms with Crippen molar-refractivity contribution < 1.29 is 8.78 Å². The van der Waals surface area contributed by atoms with Gasteiger partial charge in [0.1, 0.15) is 0 Å². The number of nitrogens with one attached hydrogen (secondary N) is 1. The molecule has 0 amide bonds. The fourth-order valence-corrected chi connectivity index (χ4v) is 2.47. The number of benzene rings is 1. The molecule has 2 aromatic rings. The Morgan fingerprint density at radius 2 is 2.21 bits per heavy atom. The summed E-state index contributed by atoms with van der Waals surface area (Å²) in [5, 5.41) is 7.66. The highest BCUT2D eigenvalue weighted by Crippen LogP contribution is 2.24. The molecule has 0 aliphatic rings. The second-order valence-corrected chi connectivity index (χ2v) is 4.78. The summed E-state index contributed by atoms with van der Waals surface area (Å²) in [7, 11) is 1.69. The summed E-state index contributed by atoms with van der Waals surface area (Å²) < 4.78 is 28.8. The maximum absolute atomic E-state index is 13.6. The normalized spacial score (nSPS) is 12.7. The third-order valence-electron chi connectivity index (χ3n) is 2.81. The summed E-state index contributed by atoms with van der Waals surface area (Å²) in [6.07, 6.45) is 0.180. The first-order valence-electron chi connectivity index (χ1n) is 5.48. The van der Waals surface area contributed by atoms with Gasteiger partial charge in [0.15, 0.2) is 16.2 Å². The molecule has 2 rings (SSSR count). The molecule has 1 aromatic heterocycles. The number of aryl methyl sites for hydroxylation is 1. The van der Waals surface area contributed by atoms with Crippen molar-refractivity contribution in [1.82, 2.24) is 20.4 Å². The number of halogens is 3. The Bertz CT molecular complexity index is 567. The van der Waals surface area contributed by atoms with Crippen molar-refractivity contribution in [1.29, 1.82) is 0 Å². The molecular formula is C11H12BrF2N5. The maximum Gasteiger partial charge on any atom is 0.162 e. The second kappa shape index (κ2) is 5.72. The van der Waals surface area contributed by atoms with Gasteiger partial charge in [-0.2, -0.15) is 0 Å². The number of aromatic nitrogens is 3. The first-order valence-corrected chi connectivity index (χ1v) is 6.28. The van der Waals surface area contributed by atoms with Crippen molar-refractivity contribution in [3.8, 4) is 0 Å². The Morgan fingerprint density at radius 1 is 1.47 bits per heavy atom. The Morgan fingerprint density at radius 3 is 2.79 bits per heavy atom. The number of nitrogens with two attached hydrogens (primary N) is 1. The van der Waals surface area contributed by atoms with Gasteiger partial charge in [0.2, 0.25) is 0 Å². The summed E-state index contributed by atoms with van der Waals surface area (Å²) in [5.41, 5.74) is 3.45. The molecule has 1 aromatic carbocycles. The lowest BCUT2D eigenvalue weighted by molar-refractivity contribution is 0.468. The molecular weight excluding hydrogens is 320 g/mol. The van der Waals surface area contributed by atoms with Gasteiger partial charge in [-0.05, 0) is 34.0 Å². The average molecular weight is 332 g/mol. The zero-order valence-electron chi connectivity index (χ0n) is 10.1. The number of rotatable bonds is 4. The van der Waals surface area contributed by atoms with Gasteiger partial charge in [0.25, 0.3) is 0 Å². The van der Waals surface area contributed by atoms with Gasteiger partial charge in [-0.15, -0.1) is 5.10 Å². The van der Waals surface area contributed by atoms with Crippen molar-refractivity contribution in [3.63, 3.8) is 0 Å². The van der Waals surface area contributed by atoms with E-state index < -0.39 is 17.7 Å². The smallest absolute Gasteiger partial charge is 0.162 e. The summed E-state index contributed by atoms with van der Waals surface area (Å²) in [5.74, 6) is 3.74. The van der Waals surface area contributed by atoms with Crippen LogP contribution in [0.2, 0.25) is 0 Å². The predicted molar refractivity (Wildman–Crippen MR) is 68.8 cm³/mol. The summed E-state index contributed by atoms with van der Waals surface area (Å²) in [4.78, 5) is 0. The molecule has 1 atom stereocenters. The van der Waals surface area contributed by atoms with Crippen molar-refractivity contribution >= 4 is 15.9 Å². The van der Waals surface area contributed by atoms with Crippen molar-refractivity contribution in [2.45, 2.75) is 12.5 Å². The van der Waals surface area contributed by atoms with E-state index >= 15 is 0 Å². The van der Waals surface area contributed by atoms with E-state index in [9.17, 15) is 8.78 Å². The number of hydrogen-bond acceptors (Lipinski definition) is 4. The van der Waals surface area contributed by atoms with Crippen molar-refractivity contribution in [3.05, 3.63) is 45.7 Å². The summed E-state index contributed by atoms with van der Waals surface area (Å²) in [6, 6.07) is 3.61. The molecule has 19 heavy (non-hydrogen) atoms. The van der Waals surface area contributed by atoms with E-state index in [1.54, 1.807) is 7.05 Å². The SMILES string of the molecule is Cn1nnc(Br)c1C(Cc1cccc(F)c1F)NN. The van der Waals surface area contributed by atoms with Gasteiger partial charge in [0, 0.05) is 7.05 Å². The third kappa shape index (κ3) is 2.80. The first kappa shape index (κ1) is 14.0. The van der Waals surface area contributed by atoms with E-state index in [0.717, 1.165) is 6.07 Å². The van der Waals surface area contributed by atoms with Crippen LogP contribution in [0.3, 0.4) is 0 Å². The van der Waals surface area contributed by atoms with Crippen LogP contribution in [0.25, 0.3) is 0 Å². The van der Waals surface area contributed by atoms with Crippen LogP contribution in [0.15, 0.2) is 22.8 Å². The molecule has 0 aliphatic carbocycles. The fourth-order valence-electron chi connectivity index (χ4n) is 1.87. The minimum Gasteiger partial charge on any atom is -0.271 e. The third-order valence-corrected chi connectivity index (χ3v) is 3.38. The van der Waals surface area contributed by atoms with Gasteiger partial charge < -0.3 is 0 Å². The average Bonchev–Trinajstić information content (AvgIpc) is 2.72. The summed E-state index contributed by atoms with van der Waals surface area (Å²) >= 11 is 3.25. The van der Waals surface area contributed by atoms with E-state index in [0.29, 0.717) is 10.3 Å². The fraction of sp³-hybridized carbons (Fsp3) is 0.273. The highest BCUT2D eigenvalue weighted by atomic mass is 79.9. The molecule has 0 saturated heterocycles. The van der Waals surface area contributed by atoms with Crippen LogP contribution >= 0.6 is 15.9 Å². The molecule has 0 radical (unpaired) electrons. The van der Waals surface area contributed by atoms with Crippen molar-refractivity contribution in [2.24, 2.45) is 12.9 Å². The number of nitrogens with zero attached hydrogens (tertiary/aromatic N) is 3. The highest BCUT2D eigenvalue weighted by Gasteiger charge is 2.21. The Hall–Kier alpha value is -1.38. The zero-order valence-corrected chi connectivity index (χ0v) is 11.7. The van der Waals surface area contributed by atoms with Crippen LogP contribution in [0.1, 0.15) is 17.3 Å². The zero-order chi connectivity index (χ0) is 14.0. The lowest BCUT2D eigenvalue weighted by atomic mass is 10.0. The second-order valence-electron chi connectivity index (χ2n) is 4.03. The highest BCUT2D eigenvalue weighted by molar-refractivity contribution is 9.10. The monoisotopic (exact) mass is 331 g/mol. The Kier molecular flexibility index (Phi) is 4.23. The van der Waals surface area contributed by atoms with Crippen LogP contribution in [0.5, 0.6) is 0 Å². The minimum absolute atomic E-state index is 0.180. The molecule has 3 N–H and O–H groups in total. The van der Waals surface area contributed by atoms with Crippen LogP contribution in [0.4, 0.5) is 8.78 Å². The number of hydrogen-bond donors (Lipinski definition) is 2. The van der Waals surface area contributed by atoms with E-state index in [-0.39, 0.29) is 12.0 Å². The van der Waals surface area contributed by atoms with E-state index in [2.05, 4.69) is 31.7 Å². The Labute approximate surface area is 116 Å². The van der Waals surface area contributed by atoms with E-state index in [1.807, 2.05) is 0 Å². The van der Waals surface area contributed by atoms with Crippen LogP contribution in [-0.4, -0.2) is 15.0 Å². The minimum atomic E-state index is -0.879. The quantitative estimate of drug-likeness (QED) is 0.659. The molecule has 102 valence electrons. The van der Waals surface area contributed by atoms with Crippen molar-refractivity contribution in [2.75, 3.05) is 0 Å². The van der Waals surface area contributed by atoms with Gasteiger partial charge >= 0.3 is 0 Å². The van der Waals surface area contributed by atoms with Gasteiger partial charge in [-0.25, -0.2) is 13.5 Å². The maximum atomic E-state index is 13.6. The summed E-state index contributed by atoms with van der Waals surface area (Å²) in [6.45, 7) is 0. The molecule has 5 nitrogen and oxygen atoms in total. The molecule has 0 aliphatic heterocycles. The topological polar surface area (TPSA) is 68.8 Å². The standard InChI is InChI=1S/C11H12BrF2N5/c1-19-10(11(12)17-18-19)8(16-15)5-6-3-2-4-7(13)9(6)14/h2-4,8,16H,5,15H2,1H3. The Balaban J connectivity index is 2.32. The van der Waals surface area contributed by atoms with Gasteiger partial charge in [-0.1, -0.05) is 17.3 Å². The van der Waals surface area contributed by atoms with E-state index in [1.165, 1.54) is 16.8 Å². The predicted octanol–water partition coefficient (Wildman–Crippen LogP) is 1.60. The molecule has 0 bridgehead atoms. The van der Waals surface area contributed by atoms with E-state index in [4.69, 9.17) is 5.84 Å². The largest absolute Gasteiger partial charge is 0.271 e. The lowest BCUT2D eigenvalue weighted by Gasteiger charge is -2.16. The molecule has 8 heteroatoms. The first-order chi connectivity index (χ1) is 9.04. The van der Waals surface area contributed by atoms with Gasteiger partial charge in [0.05, 0.1) is 11.7 Å². The molecule has 1 heterocycles. The van der Waals surface area contributed by atoms with Crippen LogP contribution in [-0.2, 0) is 13.5 Å². The lowest BCUT2D eigenvalue weighted by Crippen LogP contribution is -2.31. The van der Waals surface area contributed by atoms with Crippen LogP contribution in [0, 0.1) is 11.6 Å². The van der Waals surface area contributed by atoms with Crippen LogP contribution < -0.4 is 11.3 Å².